The van der Waals surface area contributed by atoms with Crippen LogP contribution in [0.25, 0.3) is 0 Å². The second-order valence-electron chi connectivity index (χ2n) is 2.69. The Bertz CT molecular complexity index is 267. The second-order valence-corrected chi connectivity index (χ2v) is 2.69. The SMILES string of the molecule is C1=CCC=C2NCC=CC2=C1.CC. The molecule has 0 atom stereocenters. The van der Waals surface area contributed by atoms with Gasteiger partial charge in [0.1, 0.15) is 0 Å². The zero-order chi connectivity index (χ0) is 9.52. The van der Waals surface area contributed by atoms with E-state index in [1.165, 1.54) is 11.3 Å². The number of allylic oxidation sites excluding steroid dienone is 5. The molecule has 1 heterocycles. The number of hydrogen-bond donors (Lipinski definition) is 1. The molecule has 1 aliphatic heterocycles. The Morgan fingerprint density at radius 2 is 2.08 bits per heavy atom. The first-order valence-electron chi connectivity index (χ1n) is 4.94. The number of rotatable bonds is 0. The van der Waals surface area contributed by atoms with Crippen LogP contribution in [0.3, 0.4) is 0 Å². The molecule has 0 bridgehead atoms. The molecule has 0 spiro atoms. The molecule has 1 nitrogen and oxygen atoms in total. The number of nitrogens with one attached hydrogen (secondary N) is 1. The summed E-state index contributed by atoms with van der Waals surface area (Å²) in [5.41, 5.74) is 2.57. The van der Waals surface area contributed by atoms with Gasteiger partial charge in [-0.25, -0.2) is 0 Å². The van der Waals surface area contributed by atoms with Gasteiger partial charge in [0.15, 0.2) is 0 Å². The van der Waals surface area contributed by atoms with Crippen molar-refractivity contribution in [2.75, 3.05) is 6.54 Å². The summed E-state index contributed by atoms with van der Waals surface area (Å²) < 4.78 is 0. The van der Waals surface area contributed by atoms with Crippen LogP contribution in [0.4, 0.5) is 0 Å². The van der Waals surface area contributed by atoms with Crippen molar-refractivity contribution in [1.29, 1.82) is 0 Å². The number of fused-ring (bicyclic) bond motifs is 1. The Hall–Kier alpha value is -1.24. The van der Waals surface area contributed by atoms with Crippen molar-refractivity contribution in [3.63, 3.8) is 0 Å². The fourth-order valence-electron chi connectivity index (χ4n) is 1.32. The molecular formula is C12H17N. The largest absolute Gasteiger partial charge is 0.381 e. The lowest BCUT2D eigenvalue weighted by Gasteiger charge is -2.13. The second kappa shape index (κ2) is 5.41. The van der Waals surface area contributed by atoms with Gasteiger partial charge in [-0.3, -0.25) is 0 Å². The molecule has 0 fully saturated rings. The molecule has 1 heteroatoms. The monoisotopic (exact) mass is 175 g/mol. The van der Waals surface area contributed by atoms with Gasteiger partial charge in [-0.2, -0.15) is 0 Å². The van der Waals surface area contributed by atoms with E-state index in [0.29, 0.717) is 0 Å². The van der Waals surface area contributed by atoms with E-state index in [2.05, 4.69) is 41.8 Å². The van der Waals surface area contributed by atoms with Crippen LogP contribution < -0.4 is 5.32 Å². The van der Waals surface area contributed by atoms with Gasteiger partial charge in [0.2, 0.25) is 0 Å². The molecule has 0 radical (unpaired) electrons. The van der Waals surface area contributed by atoms with Gasteiger partial charge in [-0.05, 0) is 12.0 Å². The lowest BCUT2D eigenvalue weighted by atomic mass is 10.1. The molecule has 0 aromatic heterocycles. The van der Waals surface area contributed by atoms with Crippen molar-refractivity contribution in [2.24, 2.45) is 0 Å². The fraction of sp³-hybridized carbons (Fsp3) is 0.333. The summed E-state index contributed by atoms with van der Waals surface area (Å²) in [4.78, 5) is 0. The fourth-order valence-corrected chi connectivity index (χ4v) is 1.32. The molecule has 0 unspecified atom stereocenters. The maximum atomic E-state index is 3.33. The van der Waals surface area contributed by atoms with Crippen molar-refractivity contribution in [3.8, 4) is 0 Å². The van der Waals surface area contributed by atoms with Crippen LogP contribution in [0, 0.1) is 0 Å². The summed E-state index contributed by atoms with van der Waals surface area (Å²) in [6.07, 6.45) is 14.0. The van der Waals surface area contributed by atoms with Crippen LogP contribution in [0.5, 0.6) is 0 Å². The average molecular weight is 175 g/mol. The van der Waals surface area contributed by atoms with E-state index in [4.69, 9.17) is 0 Å². The van der Waals surface area contributed by atoms with Crippen molar-refractivity contribution >= 4 is 0 Å². The van der Waals surface area contributed by atoms with Crippen LogP contribution in [0.1, 0.15) is 20.3 Å². The Balaban J connectivity index is 0.000000396. The molecule has 0 saturated heterocycles. The first kappa shape index (κ1) is 9.85. The maximum Gasteiger partial charge on any atom is 0.0378 e. The van der Waals surface area contributed by atoms with Crippen LogP contribution >= 0.6 is 0 Å². The molecule has 0 saturated carbocycles. The normalized spacial score (nSPS) is 18.3. The first-order valence-corrected chi connectivity index (χ1v) is 4.94. The van der Waals surface area contributed by atoms with E-state index in [-0.39, 0.29) is 0 Å². The van der Waals surface area contributed by atoms with Gasteiger partial charge in [-0.15, -0.1) is 0 Å². The minimum atomic E-state index is 0.961. The standard InChI is InChI=1S/C10H11N.C2H6/c1-2-5-9-6-4-8-11-10(9)7-3-1;1-2/h1-2,4-7,11H,3,8H2;1-2H3. The van der Waals surface area contributed by atoms with Gasteiger partial charge in [0.05, 0.1) is 0 Å². The van der Waals surface area contributed by atoms with E-state index < -0.39 is 0 Å². The lowest BCUT2D eigenvalue weighted by molar-refractivity contribution is 0.895. The van der Waals surface area contributed by atoms with Crippen molar-refractivity contribution < 1.29 is 0 Å². The first-order chi connectivity index (χ1) is 6.47. The molecule has 0 aromatic rings. The van der Waals surface area contributed by atoms with E-state index >= 15 is 0 Å². The van der Waals surface area contributed by atoms with Crippen molar-refractivity contribution in [2.45, 2.75) is 20.3 Å². The van der Waals surface area contributed by atoms with Crippen LogP contribution in [0.2, 0.25) is 0 Å². The molecule has 2 aliphatic rings. The van der Waals surface area contributed by atoms with E-state index in [1.54, 1.807) is 0 Å². The Kier molecular flexibility index (Phi) is 4.10. The highest BCUT2D eigenvalue weighted by Crippen LogP contribution is 2.15. The number of hydrogen-bond acceptors (Lipinski definition) is 1. The summed E-state index contributed by atoms with van der Waals surface area (Å²) in [5.74, 6) is 0. The van der Waals surface area contributed by atoms with Crippen molar-refractivity contribution in [1.82, 2.24) is 5.32 Å². The van der Waals surface area contributed by atoms with Crippen LogP contribution in [-0.4, -0.2) is 6.54 Å². The quantitative estimate of drug-likeness (QED) is 0.597. The molecule has 1 N–H and O–H groups in total. The van der Waals surface area contributed by atoms with Gasteiger partial charge in [0, 0.05) is 12.2 Å². The molecule has 13 heavy (non-hydrogen) atoms. The van der Waals surface area contributed by atoms with Gasteiger partial charge in [0.25, 0.3) is 0 Å². The average Bonchev–Trinajstić information content (AvgIpc) is 2.45. The van der Waals surface area contributed by atoms with Gasteiger partial charge >= 0.3 is 0 Å². The van der Waals surface area contributed by atoms with E-state index in [9.17, 15) is 0 Å². The minimum absolute atomic E-state index is 0.961. The van der Waals surface area contributed by atoms with Crippen LogP contribution in [0.15, 0.2) is 47.7 Å². The molecule has 2 rings (SSSR count). The highest BCUT2D eigenvalue weighted by Gasteiger charge is 2.04. The molecule has 0 amide bonds. The third kappa shape index (κ3) is 2.62. The maximum absolute atomic E-state index is 3.33. The smallest absolute Gasteiger partial charge is 0.0378 e. The molecule has 1 aliphatic carbocycles. The summed E-state index contributed by atoms with van der Waals surface area (Å²) in [7, 11) is 0. The predicted octanol–water partition coefficient (Wildman–Crippen LogP) is 2.94. The highest BCUT2D eigenvalue weighted by atomic mass is 14.9. The van der Waals surface area contributed by atoms with Gasteiger partial charge in [-0.1, -0.05) is 50.3 Å². The topological polar surface area (TPSA) is 12.0 Å². The predicted molar refractivity (Wildman–Crippen MR) is 58.4 cm³/mol. The summed E-state index contributed by atoms with van der Waals surface area (Å²) in [6, 6.07) is 0. The zero-order valence-electron chi connectivity index (χ0n) is 8.38. The third-order valence-corrected chi connectivity index (χ3v) is 1.89. The Morgan fingerprint density at radius 3 is 2.92 bits per heavy atom. The van der Waals surface area contributed by atoms with Gasteiger partial charge < -0.3 is 5.32 Å². The minimum Gasteiger partial charge on any atom is -0.381 e. The molecule has 70 valence electrons. The van der Waals surface area contributed by atoms with Crippen molar-refractivity contribution in [3.05, 3.63) is 47.7 Å². The third-order valence-electron chi connectivity index (χ3n) is 1.89. The molecular weight excluding hydrogens is 158 g/mol. The van der Waals surface area contributed by atoms with Crippen LogP contribution in [-0.2, 0) is 0 Å². The Labute approximate surface area is 80.5 Å². The summed E-state index contributed by atoms with van der Waals surface area (Å²) >= 11 is 0. The Morgan fingerprint density at radius 1 is 1.23 bits per heavy atom. The van der Waals surface area contributed by atoms with E-state index in [1.807, 2.05) is 13.8 Å². The molecule has 0 aromatic carbocycles. The van der Waals surface area contributed by atoms with E-state index in [0.717, 1.165) is 13.0 Å². The summed E-state index contributed by atoms with van der Waals surface area (Å²) in [6.45, 7) is 4.96. The highest BCUT2D eigenvalue weighted by molar-refractivity contribution is 5.45. The zero-order valence-corrected chi connectivity index (χ0v) is 8.38. The lowest BCUT2D eigenvalue weighted by Crippen LogP contribution is -2.17. The summed E-state index contributed by atoms with van der Waals surface area (Å²) in [5, 5.41) is 3.33.